The molecule has 5 heteroatoms. The van der Waals surface area contributed by atoms with Crippen molar-refractivity contribution in [3.63, 3.8) is 0 Å². The second-order valence-corrected chi connectivity index (χ2v) is 5.33. The quantitative estimate of drug-likeness (QED) is 0.895. The van der Waals surface area contributed by atoms with E-state index in [0.29, 0.717) is 17.0 Å². The maximum Gasteiger partial charge on any atom is 0.308 e. The summed E-state index contributed by atoms with van der Waals surface area (Å²) in [4.78, 5) is 23.1. The van der Waals surface area contributed by atoms with Gasteiger partial charge in [-0.15, -0.1) is 0 Å². The number of hydrogen-bond acceptors (Lipinski definition) is 2. The molecule has 0 saturated heterocycles. The van der Waals surface area contributed by atoms with Crippen molar-refractivity contribution >= 4 is 23.5 Å². The van der Waals surface area contributed by atoms with E-state index in [-0.39, 0.29) is 11.9 Å². The van der Waals surface area contributed by atoms with Crippen molar-refractivity contribution in [2.24, 2.45) is 5.92 Å². The molecule has 0 unspecified atom stereocenters. The number of hydrogen-bond donors (Lipinski definition) is 2. The van der Waals surface area contributed by atoms with Gasteiger partial charge in [0, 0.05) is 16.6 Å². The zero-order valence-corrected chi connectivity index (χ0v) is 11.4. The number of halogens is 1. The molecule has 0 bridgehead atoms. The fraction of sp³-hybridized carbons (Fsp3) is 0.429. The van der Waals surface area contributed by atoms with Crippen molar-refractivity contribution in [1.29, 1.82) is 0 Å². The molecule has 1 fully saturated rings. The van der Waals surface area contributed by atoms with E-state index in [1.807, 2.05) is 6.92 Å². The van der Waals surface area contributed by atoms with E-state index in [1.165, 1.54) is 0 Å². The number of rotatable bonds is 3. The Morgan fingerprint density at radius 1 is 1.37 bits per heavy atom. The Bertz CT molecular complexity index is 515. The van der Waals surface area contributed by atoms with Crippen molar-refractivity contribution in [3.8, 4) is 0 Å². The van der Waals surface area contributed by atoms with Crippen LogP contribution in [0.4, 0.5) is 0 Å². The van der Waals surface area contributed by atoms with Crippen LogP contribution in [-0.4, -0.2) is 23.0 Å². The largest absolute Gasteiger partial charge is 0.481 e. The number of aliphatic carboxylic acids is 1. The fourth-order valence-corrected chi connectivity index (χ4v) is 2.58. The van der Waals surface area contributed by atoms with Crippen LogP contribution in [0.5, 0.6) is 0 Å². The molecule has 102 valence electrons. The summed E-state index contributed by atoms with van der Waals surface area (Å²) in [6, 6.07) is 4.76. The summed E-state index contributed by atoms with van der Waals surface area (Å²) in [5.41, 5.74) is 1.34. The van der Waals surface area contributed by atoms with Crippen molar-refractivity contribution in [3.05, 3.63) is 34.3 Å². The normalized spacial score (nSPS) is 22.2. The minimum absolute atomic E-state index is 0.238. The molecule has 4 nitrogen and oxygen atoms in total. The molecule has 0 heterocycles. The Kier molecular flexibility index (Phi) is 4.10. The third-order valence-electron chi connectivity index (χ3n) is 3.57. The number of carboxylic acid groups (broad SMARTS) is 1. The highest BCUT2D eigenvalue weighted by Gasteiger charge is 2.33. The number of carbonyl (C=O) groups excluding carboxylic acids is 1. The van der Waals surface area contributed by atoms with Crippen LogP contribution in [0.15, 0.2) is 18.2 Å². The van der Waals surface area contributed by atoms with Crippen LogP contribution >= 0.6 is 11.6 Å². The van der Waals surface area contributed by atoms with Gasteiger partial charge in [-0.05, 0) is 43.5 Å². The topological polar surface area (TPSA) is 66.4 Å². The third-order valence-corrected chi connectivity index (χ3v) is 3.99. The number of amides is 1. The number of carbonyl (C=O) groups is 2. The van der Waals surface area contributed by atoms with E-state index >= 15 is 0 Å². The molecule has 2 atom stereocenters. The molecule has 2 rings (SSSR count). The van der Waals surface area contributed by atoms with Crippen molar-refractivity contribution in [2.45, 2.75) is 32.2 Å². The fourth-order valence-electron chi connectivity index (χ4n) is 2.47. The molecule has 0 aliphatic heterocycles. The molecule has 1 aliphatic carbocycles. The van der Waals surface area contributed by atoms with E-state index in [1.54, 1.807) is 18.2 Å². The Balaban J connectivity index is 2.08. The summed E-state index contributed by atoms with van der Waals surface area (Å²) in [6.45, 7) is 1.83. The lowest BCUT2D eigenvalue weighted by Crippen LogP contribution is -2.40. The number of carboxylic acids is 1. The molecule has 1 saturated carbocycles. The van der Waals surface area contributed by atoms with Gasteiger partial charge < -0.3 is 10.4 Å². The van der Waals surface area contributed by atoms with E-state index in [0.717, 1.165) is 18.4 Å². The van der Waals surface area contributed by atoms with Crippen LogP contribution in [0.3, 0.4) is 0 Å². The van der Waals surface area contributed by atoms with Crippen molar-refractivity contribution in [1.82, 2.24) is 5.32 Å². The monoisotopic (exact) mass is 281 g/mol. The predicted octanol–water partition coefficient (Wildman–Crippen LogP) is 2.63. The lowest BCUT2D eigenvalue weighted by molar-refractivity contribution is -0.142. The highest BCUT2D eigenvalue weighted by atomic mass is 35.5. The van der Waals surface area contributed by atoms with Crippen LogP contribution in [0.25, 0.3) is 0 Å². The first kappa shape index (κ1) is 13.9. The molecule has 1 aromatic rings. The standard InChI is InChI=1S/C14H16ClNO3/c1-8-7-9(5-6-11(8)15)13(17)16-12-4-2-3-10(12)14(18)19/h5-7,10,12H,2-4H2,1H3,(H,16,17)(H,18,19)/t10-,12+/m0/s1. The molecular weight excluding hydrogens is 266 g/mol. The Morgan fingerprint density at radius 2 is 2.11 bits per heavy atom. The van der Waals surface area contributed by atoms with Crippen LogP contribution in [0.2, 0.25) is 5.02 Å². The molecule has 2 N–H and O–H groups in total. The Hall–Kier alpha value is -1.55. The summed E-state index contributed by atoms with van der Waals surface area (Å²) in [7, 11) is 0. The Morgan fingerprint density at radius 3 is 2.74 bits per heavy atom. The minimum atomic E-state index is -0.838. The van der Waals surface area contributed by atoms with E-state index < -0.39 is 11.9 Å². The first-order valence-electron chi connectivity index (χ1n) is 6.29. The average molecular weight is 282 g/mol. The maximum absolute atomic E-state index is 12.1. The zero-order valence-electron chi connectivity index (χ0n) is 10.6. The van der Waals surface area contributed by atoms with E-state index in [4.69, 9.17) is 16.7 Å². The van der Waals surface area contributed by atoms with Gasteiger partial charge in [0.2, 0.25) is 0 Å². The van der Waals surface area contributed by atoms with Crippen LogP contribution in [-0.2, 0) is 4.79 Å². The van der Waals surface area contributed by atoms with Crippen LogP contribution < -0.4 is 5.32 Å². The zero-order chi connectivity index (χ0) is 14.0. The molecule has 19 heavy (non-hydrogen) atoms. The van der Waals surface area contributed by atoms with Crippen LogP contribution in [0, 0.1) is 12.8 Å². The van der Waals surface area contributed by atoms with Gasteiger partial charge in [0.1, 0.15) is 0 Å². The molecule has 1 aromatic carbocycles. The number of benzene rings is 1. The van der Waals surface area contributed by atoms with Gasteiger partial charge in [-0.1, -0.05) is 18.0 Å². The van der Waals surface area contributed by atoms with E-state index in [2.05, 4.69) is 5.32 Å². The first-order chi connectivity index (χ1) is 8.99. The summed E-state index contributed by atoms with van der Waals surface area (Å²) in [6.07, 6.45) is 2.18. The van der Waals surface area contributed by atoms with E-state index in [9.17, 15) is 9.59 Å². The maximum atomic E-state index is 12.1. The Labute approximate surface area is 116 Å². The highest BCUT2D eigenvalue weighted by molar-refractivity contribution is 6.31. The third kappa shape index (κ3) is 3.07. The van der Waals surface area contributed by atoms with Gasteiger partial charge in [-0.2, -0.15) is 0 Å². The molecule has 1 amide bonds. The van der Waals surface area contributed by atoms with Gasteiger partial charge in [0.15, 0.2) is 0 Å². The smallest absolute Gasteiger partial charge is 0.308 e. The average Bonchev–Trinajstić information content (AvgIpc) is 2.80. The molecular formula is C14H16ClNO3. The SMILES string of the molecule is Cc1cc(C(=O)N[C@@H]2CCC[C@@H]2C(=O)O)ccc1Cl. The molecule has 0 radical (unpaired) electrons. The first-order valence-corrected chi connectivity index (χ1v) is 6.66. The van der Waals surface area contributed by atoms with Gasteiger partial charge in [-0.3, -0.25) is 9.59 Å². The van der Waals surface area contributed by atoms with Crippen molar-refractivity contribution in [2.75, 3.05) is 0 Å². The highest BCUT2D eigenvalue weighted by Crippen LogP contribution is 2.26. The molecule has 1 aliphatic rings. The van der Waals surface area contributed by atoms with Crippen molar-refractivity contribution < 1.29 is 14.7 Å². The van der Waals surface area contributed by atoms with Gasteiger partial charge in [-0.25, -0.2) is 0 Å². The van der Waals surface area contributed by atoms with Crippen LogP contribution in [0.1, 0.15) is 35.2 Å². The number of nitrogens with one attached hydrogen (secondary N) is 1. The number of aryl methyl sites for hydroxylation is 1. The summed E-state index contributed by atoms with van der Waals surface area (Å²) >= 11 is 5.91. The summed E-state index contributed by atoms with van der Waals surface area (Å²) < 4.78 is 0. The lowest BCUT2D eigenvalue weighted by atomic mass is 10.0. The lowest BCUT2D eigenvalue weighted by Gasteiger charge is -2.17. The molecule has 0 aromatic heterocycles. The van der Waals surface area contributed by atoms with Gasteiger partial charge in [0.05, 0.1) is 5.92 Å². The predicted molar refractivity (Wildman–Crippen MR) is 72.4 cm³/mol. The minimum Gasteiger partial charge on any atom is -0.481 e. The second-order valence-electron chi connectivity index (χ2n) is 4.92. The van der Waals surface area contributed by atoms with Gasteiger partial charge in [0.25, 0.3) is 5.91 Å². The van der Waals surface area contributed by atoms with Gasteiger partial charge >= 0.3 is 5.97 Å². The second kappa shape index (κ2) is 5.61. The summed E-state index contributed by atoms with van der Waals surface area (Å²) in [5.74, 6) is -1.55. The molecule has 0 spiro atoms. The summed E-state index contributed by atoms with van der Waals surface area (Å²) in [5, 5.41) is 12.5.